The molecule has 1 heterocycles. The summed E-state index contributed by atoms with van der Waals surface area (Å²) in [7, 11) is 0. The van der Waals surface area contributed by atoms with E-state index in [1.54, 1.807) is 0 Å². The Labute approximate surface area is 90.3 Å². The third kappa shape index (κ3) is 1.93. The van der Waals surface area contributed by atoms with Crippen molar-refractivity contribution in [2.75, 3.05) is 13.4 Å². The van der Waals surface area contributed by atoms with Gasteiger partial charge in [0.25, 0.3) is 0 Å². The molecule has 1 saturated heterocycles. The van der Waals surface area contributed by atoms with Crippen molar-refractivity contribution in [3.8, 4) is 0 Å². The Morgan fingerprint density at radius 3 is 2.62 bits per heavy atom. The van der Waals surface area contributed by atoms with Gasteiger partial charge in [0.2, 0.25) is 0 Å². The first-order valence-electron chi connectivity index (χ1n) is 4.50. The molecule has 2 atom stereocenters. The molecule has 0 radical (unpaired) electrons. The molecule has 92 valence electrons. The highest BCUT2D eigenvalue weighted by Gasteiger charge is 2.63. The molecule has 1 fully saturated rings. The molecule has 0 saturated carbocycles. The molecule has 1 aliphatic rings. The molecule has 0 aromatic heterocycles. The number of alkyl halides is 2. The lowest BCUT2D eigenvalue weighted by Crippen LogP contribution is -2.60. The monoisotopic (exact) mass is 238 g/mol. The van der Waals surface area contributed by atoms with Crippen molar-refractivity contribution < 1.29 is 33.3 Å². The van der Waals surface area contributed by atoms with Crippen LogP contribution in [-0.2, 0) is 14.3 Å². The van der Waals surface area contributed by atoms with Crippen molar-refractivity contribution in [1.29, 1.82) is 0 Å². The zero-order valence-electron chi connectivity index (χ0n) is 8.36. The van der Waals surface area contributed by atoms with Crippen molar-refractivity contribution in [2.24, 2.45) is 0 Å². The van der Waals surface area contributed by atoms with Gasteiger partial charge in [0, 0.05) is 6.42 Å². The van der Waals surface area contributed by atoms with Crippen LogP contribution in [0.4, 0.5) is 8.78 Å². The van der Waals surface area contributed by atoms with Gasteiger partial charge in [-0.05, 0) is 0 Å². The number of rotatable bonds is 5. The van der Waals surface area contributed by atoms with E-state index in [0.717, 1.165) is 6.08 Å². The second-order valence-corrected chi connectivity index (χ2v) is 3.44. The van der Waals surface area contributed by atoms with E-state index < -0.39 is 30.0 Å². The van der Waals surface area contributed by atoms with Crippen LogP contribution < -0.4 is 0 Å². The SMILES string of the molecule is C=CCC(O)(C1COCO1)C(F)(F)C(=O)O. The summed E-state index contributed by atoms with van der Waals surface area (Å²) in [6, 6.07) is 0. The molecular formula is C9H12F2O5. The molecule has 5 nitrogen and oxygen atoms in total. The van der Waals surface area contributed by atoms with E-state index in [2.05, 4.69) is 11.3 Å². The topological polar surface area (TPSA) is 76.0 Å². The Hall–Kier alpha value is -1.05. The first kappa shape index (κ1) is 13.0. The summed E-state index contributed by atoms with van der Waals surface area (Å²) in [5.41, 5.74) is -2.85. The van der Waals surface area contributed by atoms with Gasteiger partial charge in [0.05, 0.1) is 6.61 Å². The lowest BCUT2D eigenvalue weighted by atomic mass is 9.86. The van der Waals surface area contributed by atoms with Gasteiger partial charge in [-0.3, -0.25) is 0 Å². The second kappa shape index (κ2) is 4.44. The highest BCUT2D eigenvalue weighted by Crippen LogP contribution is 2.38. The minimum Gasteiger partial charge on any atom is -0.477 e. The zero-order valence-corrected chi connectivity index (χ0v) is 8.36. The first-order valence-corrected chi connectivity index (χ1v) is 4.50. The number of halogens is 2. The summed E-state index contributed by atoms with van der Waals surface area (Å²) in [6.07, 6.45) is -0.990. The normalized spacial score (nSPS) is 25.1. The van der Waals surface area contributed by atoms with E-state index in [1.165, 1.54) is 0 Å². The molecule has 0 aromatic carbocycles. The Kier molecular flexibility index (Phi) is 3.61. The molecule has 0 aromatic rings. The maximum atomic E-state index is 13.4. The highest BCUT2D eigenvalue weighted by molar-refractivity contribution is 5.77. The first-order chi connectivity index (χ1) is 7.36. The largest absolute Gasteiger partial charge is 0.477 e. The number of hydrogen-bond donors (Lipinski definition) is 2. The number of aliphatic hydroxyl groups is 1. The molecule has 1 rings (SSSR count). The summed E-state index contributed by atoms with van der Waals surface area (Å²) < 4.78 is 36.2. The van der Waals surface area contributed by atoms with Crippen LogP contribution in [0.1, 0.15) is 6.42 Å². The van der Waals surface area contributed by atoms with Gasteiger partial charge in [-0.15, -0.1) is 6.58 Å². The lowest BCUT2D eigenvalue weighted by Gasteiger charge is -2.35. The lowest BCUT2D eigenvalue weighted by molar-refractivity contribution is -0.232. The molecule has 0 bridgehead atoms. The van der Waals surface area contributed by atoms with Gasteiger partial charge in [-0.25, -0.2) is 4.79 Å². The van der Waals surface area contributed by atoms with Crippen LogP contribution >= 0.6 is 0 Å². The molecule has 0 aliphatic carbocycles. The molecule has 0 amide bonds. The standard InChI is InChI=1S/C9H12F2O5/c1-2-3-8(14,6-4-15-5-16-6)9(10,11)7(12)13/h2,6,14H,1,3-5H2,(H,12,13). The smallest absolute Gasteiger partial charge is 0.377 e. The van der Waals surface area contributed by atoms with Crippen LogP contribution in [-0.4, -0.2) is 47.2 Å². The van der Waals surface area contributed by atoms with Crippen molar-refractivity contribution in [1.82, 2.24) is 0 Å². The molecule has 7 heteroatoms. The van der Waals surface area contributed by atoms with Gasteiger partial charge in [-0.2, -0.15) is 8.78 Å². The quantitative estimate of drug-likeness (QED) is 0.677. The average molecular weight is 238 g/mol. The fourth-order valence-corrected chi connectivity index (χ4v) is 1.48. The van der Waals surface area contributed by atoms with Crippen LogP contribution in [0.5, 0.6) is 0 Å². The van der Waals surface area contributed by atoms with E-state index in [4.69, 9.17) is 9.84 Å². The minimum atomic E-state index is -4.33. The third-order valence-electron chi connectivity index (χ3n) is 2.42. The summed E-state index contributed by atoms with van der Waals surface area (Å²) >= 11 is 0. The fourth-order valence-electron chi connectivity index (χ4n) is 1.48. The van der Waals surface area contributed by atoms with Gasteiger partial charge >= 0.3 is 11.9 Å². The van der Waals surface area contributed by atoms with Crippen molar-refractivity contribution >= 4 is 5.97 Å². The summed E-state index contributed by atoms with van der Waals surface area (Å²) in [5.74, 6) is -6.74. The van der Waals surface area contributed by atoms with E-state index in [-0.39, 0.29) is 13.4 Å². The number of ether oxygens (including phenoxy) is 2. The van der Waals surface area contributed by atoms with E-state index in [0.29, 0.717) is 0 Å². The van der Waals surface area contributed by atoms with Gasteiger partial charge in [-0.1, -0.05) is 6.08 Å². The molecule has 2 N–H and O–H groups in total. The van der Waals surface area contributed by atoms with E-state index in [9.17, 15) is 18.7 Å². The minimum absolute atomic E-state index is 0.250. The van der Waals surface area contributed by atoms with Gasteiger partial charge in [0.15, 0.2) is 5.60 Å². The number of hydrogen-bond acceptors (Lipinski definition) is 4. The summed E-state index contributed by atoms with van der Waals surface area (Å²) in [5, 5.41) is 18.2. The summed E-state index contributed by atoms with van der Waals surface area (Å²) in [6.45, 7) is 2.67. The van der Waals surface area contributed by atoms with Gasteiger partial charge in [0.1, 0.15) is 12.9 Å². The van der Waals surface area contributed by atoms with Gasteiger partial charge < -0.3 is 19.7 Å². The molecule has 0 spiro atoms. The zero-order chi connectivity index (χ0) is 12.4. The maximum Gasteiger partial charge on any atom is 0.377 e. The molecule has 2 unspecified atom stereocenters. The Bertz CT molecular complexity index is 288. The number of carboxylic acids is 1. The van der Waals surface area contributed by atoms with E-state index in [1.807, 2.05) is 0 Å². The second-order valence-electron chi connectivity index (χ2n) is 3.44. The number of carbonyl (C=O) groups is 1. The fraction of sp³-hybridized carbons (Fsp3) is 0.667. The predicted molar refractivity (Wildman–Crippen MR) is 48.0 cm³/mol. The Balaban J connectivity index is 3.03. The van der Waals surface area contributed by atoms with Crippen LogP contribution in [0.25, 0.3) is 0 Å². The van der Waals surface area contributed by atoms with Crippen LogP contribution in [0.15, 0.2) is 12.7 Å². The van der Waals surface area contributed by atoms with Crippen molar-refractivity contribution in [3.63, 3.8) is 0 Å². The van der Waals surface area contributed by atoms with Crippen LogP contribution in [0.2, 0.25) is 0 Å². The van der Waals surface area contributed by atoms with E-state index >= 15 is 0 Å². The average Bonchev–Trinajstić information content (AvgIpc) is 2.70. The summed E-state index contributed by atoms with van der Waals surface area (Å²) in [4.78, 5) is 10.5. The van der Waals surface area contributed by atoms with Crippen molar-refractivity contribution in [3.05, 3.63) is 12.7 Å². The molecule has 1 aliphatic heterocycles. The third-order valence-corrected chi connectivity index (χ3v) is 2.42. The molecule has 16 heavy (non-hydrogen) atoms. The number of aliphatic carboxylic acids is 1. The molecular weight excluding hydrogens is 226 g/mol. The highest BCUT2D eigenvalue weighted by atomic mass is 19.3. The predicted octanol–water partition coefficient (Wildman–Crippen LogP) is 0.386. The van der Waals surface area contributed by atoms with Crippen LogP contribution in [0, 0.1) is 0 Å². The Morgan fingerprint density at radius 1 is 1.62 bits per heavy atom. The number of carboxylic acid groups (broad SMARTS) is 1. The Morgan fingerprint density at radius 2 is 2.25 bits per heavy atom. The van der Waals surface area contributed by atoms with Crippen LogP contribution in [0.3, 0.4) is 0 Å². The maximum absolute atomic E-state index is 13.4. The van der Waals surface area contributed by atoms with Crippen molar-refractivity contribution in [2.45, 2.75) is 24.0 Å².